The van der Waals surface area contributed by atoms with Crippen LogP contribution in [0.15, 0.2) is 18.2 Å². The molecule has 1 fully saturated rings. The standard InChI is InChI=1S/C16H19F2NO/c1-11-4-3-5-16(9-11,10-19)15(2,20)12-6-13(17)8-14(18)7-12/h6-8,11,20H,3-5,9H2,1-2H3. The van der Waals surface area contributed by atoms with E-state index >= 15 is 0 Å². The second kappa shape index (κ2) is 5.14. The number of rotatable bonds is 2. The van der Waals surface area contributed by atoms with E-state index in [-0.39, 0.29) is 5.56 Å². The van der Waals surface area contributed by atoms with E-state index < -0.39 is 22.7 Å². The van der Waals surface area contributed by atoms with E-state index in [0.717, 1.165) is 31.0 Å². The van der Waals surface area contributed by atoms with Crippen LogP contribution in [-0.2, 0) is 5.60 Å². The van der Waals surface area contributed by atoms with Crippen molar-refractivity contribution < 1.29 is 13.9 Å². The Hall–Kier alpha value is -1.47. The van der Waals surface area contributed by atoms with Gasteiger partial charge in [0, 0.05) is 6.07 Å². The lowest BCUT2D eigenvalue weighted by Gasteiger charge is -2.45. The molecule has 0 heterocycles. The number of nitrogens with zero attached hydrogens (tertiary/aromatic N) is 1. The lowest BCUT2D eigenvalue weighted by atomic mass is 9.60. The van der Waals surface area contributed by atoms with Gasteiger partial charge in [-0.3, -0.25) is 0 Å². The van der Waals surface area contributed by atoms with Gasteiger partial charge in [0.1, 0.15) is 17.2 Å². The Morgan fingerprint density at radius 2 is 1.95 bits per heavy atom. The average molecular weight is 279 g/mol. The van der Waals surface area contributed by atoms with Crippen molar-refractivity contribution in [1.82, 2.24) is 0 Å². The van der Waals surface area contributed by atoms with E-state index in [2.05, 4.69) is 6.07 Å². The van der Waals surface area contributed by atoms with Crippen LogP contribution in [0.5, 0.6) is 0 Å². The van der Waals surface area contributed by atoms with E-state index in [4.69, 9.17) is 0 Å². The van der Waals surface area contributed by atoms with Gasteiger partial charge >= 0.3 is 0 Å². The predicted molar refractivity (Wildman–Crippen MR) is 71.6 cm³/mol. The Balaban J connectivity index is 2.48. The summed E-state index contributed by atoms with van der Waals surface area (Å²) in [6.45, 7) is 3.52. The van der Waals surface area contributed by atoms with Crippen molar-refractivity contribution in [2.24, 2.45) is 11.3 Å². The number of benzene rings is 1. The normalized spacial score (nSPS) is 29.5. The van der Waals surface area contributed by atoms with Gasteiger partial charge in [-0.2, -0.15) is 5.26 Å². The van der Waals surface area contributed by atoms with Crippen LogP contribution in [0, 0.1) is 34.3 Å². The highest BCUT2D eigenvalue weighted by Crippen LogP contribution is 2.51. The van der Waals surface area contributed by atoms with Crippen LogP contribution in [0.4, 0.5) is 8.78 Å². The number of halogens is 2. The molecule has 1 N–H and O–H groups in total. The van der Waals surface area contributed by atoms with Crippen LogP contribution >= 0.6 is 0 Å². The monoisotopic (exact) mass is 279 g/mol. The van der Waals surface area contributed by atoms with Crippen molar-refractivity contribution >= 4 is 0 Å². The molecule has 0 aromatic heterocycles. The summed E-state index contributed by atoms with van der Waals surface area (Å²) in [5.74, 6) is -1.16. The highest BCUT2D eigenvalue weighted by Gasteiger charge is 2.50. The summed E-state index contributed by atoms with van der Waals surface area (Å²) in [4.78, 5) is 0. The van der Waals surface area contributed by atoms with Crippen LogP contribution in [0.3, 0.4) is 0 Å². The second-order valence-corrected chi connectivity index (χ2v) is 6.13. The van der Waals surface area contributed by atoms with Crippen molar-refractivity contribution in [3.05, 3.63) is 35.4 Å². The lowest BCUT2D eigenvalue weighted by molar-refractivity contribution is -0.0723. The molecule has 108 valence electrons. The largest absolute Gasteiger partial charge is 0.384 e. The molecular weight excluding hydrogens is 260 g/mol. The zero-order chi connectivity index (χ0) is 15.0. The predicted octanol–water partition coefficient (Wildman–Crippen LogP) is 3.89. The summed E-state index contributed by atoms with van der Waals surface area (Å²) in [6.07, 6.45) is 2.92. The first-order valence-corrected chi connectivity index (χ1v) is 6.91. The van der Waals surface area contributed by atoms with Crippen LogP contribution < -0.4 is 0 Å². The number of hydrogen-bond donors (Lipinski definition) is 1. The zero-order valence-corrected chi connectivity index (χ0v) is 11.8. The first-order chi connectivity index (χ1) is 9.30. The molecule has 0 spiro atoms. The minimum atomic E-state index is -1.57. The van der Waals surface area contributed by atoms with Crippen LogP contribution in [0.2, 0.25) is 0 Å². The maximum atomic E-state index is 13.4. The molecule has 1 aromatic carbocycles. The minimum absolute atomic E-state index is 0.130. The van der Waals surface area contributed by atoms with Crippen molar-refractivity contribution in [2.75, 3.05) is 0 Å². The van der Waals surface area contributed by atoms with E-state index in [0.29, 0.717) is 18.8 Å². The molecule has 2 rings (SSSR count). The first-order valence-electron chi connectivity index (χ1n) is 6.91. The van der Waals surface area contributed by atoms with E-state index in [1.165, 1.54) is 6.92 Å². The molecule has 4 heteroatoms. The summed E-state index contributed by atoms with van der Waals surface area (Å²) in [5, 5.41) is 20.5. The Bertz CT molecular complexity index is 530. The SMILES string of the molecule is CC1CCCC(C#N)(C(C)(O)c2cc(F)cc(F)c2)C1. The number of aliphatic hydroxyl groups is 1. The Morgan fingerprint density at radius 3 is 2.45 bits per heavy atom. The van der Waals surface area contributed by atoms with Gasteiger partial charge in [-0.15, -0.1) is 0 Å². The maximum absolute atomic E-state index is 13.4. The average Bonchev–Trinajstić information content (AvgIpc) is 2.37. The molecule has 1 saturated carbocycles. The van der Waals surface area contributed by atoms with Crippen LogP contribution in [-0.4, -0.2) is 5.11 Å². The Morgan fingerprint density at radius 1 is 1.35 bits per heavy atom. The quantitative estimate of drug-likeness (QED) is 0.892. The fraction of sp³-hybridized carbons (Fsp3) is 0.562. The van der Waals surface area contributed by atoms with Crippen molar-refractivity contribution in [2.45, 2.75) is 45.1 Å². The fourth-order valence-electron chi connectivity index (χ4n) is 3.32. The molecule has 0 amide bonds. The van der Waals surface area contributed by atoms with Crippen molar-refractivity contribution in [3.8, 4) is 6.07 Å². The summed E-state index contributed by atoms with van der Waals surface area (Å²) >= 11 is 0. The molecule has 20 heavy (non-hydrogen) atoms. The third kappa shape index (κ3) is 2.43. The van der Waals surface area contributed by atoms with Gasteiger partial charge in [0.15, 0.2) is 0 Å². The summed E-state index contributed by atoms with van der Waals surface area (Å²) in [6, 6.07) is 5.22. The van der Waals surface area contributed by atoms with Crippen LogP contribution in [0.25, 0.3) is 0 Å². The molecule has 0 radical (unpaired) electrons. The maximum Gasteiger partial charge on any atom is 0.126 e. The molecule has 1 aliphatic carbocycles. The van der Waals surface area contributed by atoms with Gasteiger partial charge < -0.3 is 5.11 Å². The van der Waals surface area contributed by atoms with Crippen molar-refractivity contribution in [1.29, 1.82) is 5.26 Å². The van der Waals surface area contributed by atoms with E-state index in [1.807, 2.05) is 6.92 Å². The lowest BCUT2D eigenvalue weighted by Crippen LogP contribution is -2.45. The summed E-state index contributed by atoms with van der Waals surface area (Å²) in [7, 11) is 0. The number of hydrogen-bond acceptors (Lipinski definition) is 2. The fourth-order valence-corrected chi connectivity index (χ4v) is 3.32. The van der Waals surface area contributed by atoms with Crippen molar-refractivity contribution in [3.63, 3.8) is 0 Å². The third-order valence-corrected chi connectivity index (χ3v) is 4.57. The van der Waals surface area contributed by atoms with E-state index in [9.17, 15) is 19.1 Å². The first kappa shape index (κ1) is 14.9. The molecular formula is C16H19F2NO. The zero-order valence-electron chi connectivity index (χ0n) is 11.8. The molecule has 1 aliphatic rings. The van der Waals surface area contributed by atoms with Gasteiger partial charge in [0.05, 0.1) is 11.5 Å². The van der Waals surface area contributed by atoms with Gasteiger partial charge in [0.25, 0.3) is 0 Å². The van der Waals surface area contributed by atoms with Crippen LogP contribution in [0.1, 0.15) is 45.1 Å². The Kier molecular flexibility index (Phi) is 3.84. The van der Waals surface area contributed by atoms with Gasteiger partial charge in [-0.05, 0) is 43.4 Å². The molecule has 0 bridgehead atoms. The molecule has 0 aliphatic heterocycles. The third-order valence-electron chi connectivity index (χ3n) is 4.57. The van der Waals surface area contributed by atoms with E-state index in [1.54, 1.807) is 0 Å². The minimum Gasteiger partial charge on any atom is -0.384 e. The smallest absolute Gasteiger partial charge is 0.126 e. The molecule has 3 atom stereocenters. The molecule has 1 aromatic rings. The van der Waals surface area contributed by atoms with Gasteiger partial charge in [-0.1, -0.05) is 19.8 Å². The topological polar surface area (TPSA) is 44.0 Å². The van der Waals surface area contributed by atoms with Gasteiger partial charge in [0.2, 0.25) is 0 Å². The molecule has 2 nitrogen and oxygen atoms in total. The molecule has 3 unspecified atom stereocenters. The Labute approximate surface area is 118 Å². The second-order valence-electron chi connectivity index (χ2n) is 6.13. The molecule has 0 saturated heterocycles. The highest BCUT2D eigenvalue weighted by molar-refractivity contribution is 5.30. The number of nitriles is 1. The highest BCUT2D eigenvalue weighted by atomic mass is 19.1. The van der Waals surface area contributed by atoms with Gasteiger partial charge in [-0.25, -0.2) is 8.78 Å². The summed E-state index contributed by atoms with van der Waals surface area (Å²) < 4.78 is 26.8. The summed E-state index contributed by atoms with van der Waals surface area (Å²) in [5.41, 5.74) is -2.43.